The summed E-state index contributed by atoms with van der Waals surface area (Å²) < 4.78 is 0. The fourth-order valence-corrected chi connectivity index (χ4v) is 2.93. The molecule has 20 heavy (non-hydrogen) atoms. The number of pyridine rings is 1. The Labute approximate surface area is 120 Å². The lowest BCUT2D eigenvalue weighted by molar-refractivity contribution is 0.271. The monoisotopic (exact) mass is 267 g/mol. The first-order valence-corrected chi connectivity index (χ1v) is 7.39. The number of nitrogens with zero attached hydrogens (tertiary/aromatic N) is 2. The van der Waals surface area contributed by atoms with Gasteiger partial charge >= 0.3 is 0 Å². The molecule has 3 nitrogen and oxygen atoms in total. The molecule has 1 N–H and O–H groups in total. The van der Waals surface area contributed by atoms with E-state index in [0.717, 1.165) is 18.1 Å². The number of nitrogens with one attached hydrogen (secondary N) is 1. The first-order chi connectivity index (χ1) is 9.86. The standard InChI is InChI=1S/C17H21N3/c1-2-20-12-6-9-16(20)14-10-11-17(18-13-14)19-15-7-4-3-5-8-15/h3-5,7-8,10-11,13,16H,2,6,9,12H2,1H3,(H,18,19)/t16-/m0/s1. The summed E-state index contributed by atoms with van der Waals surface area (Å²) in [7, 11) is 0. The number of rotatable bonds is 4. The van der Waals surface area contributed by atoms with E-state index in [-0.39, 0.29) is 0 Å². The molecule has 0 saturated carbocycles. The fraction of sp³-hybridized carbons (Fsp3) is 0.353. The van der Waals surface area contributed by atoms with Gasteiger partial charge in [0.15, 0.2) is 0 Å². The van der Waals surface area contributed by atoms with Crippen molar-refractivity contribution in [2.45, 2.75) is 25.8 Å². The highest BCUT2D eigenvalue weighted by atomic mass is 15.2. The number of hydrogen-bond donors (Lipinski definition) is 1. The molecular weight excluding hydrogens is 246 g/mol. The summed E-state index contributed by atoms with van der Waals surface area (Å²) in [6, 6.07) is 15.0. The Morgan fingerprint density at radius 2 is 2.05 bits per heavy atom. The lowest BCUT2D eigenvalue weighted by Gasteiger charge is -2.22. The van der Waals surface area contributed by atoms with Crippen LogP contribution < -0.4 is 5.32 Å². The minimum atomic E-state index is 0.554. The Bertz CT molecular complexity index is 536. The van der Waals surface area contributed by atoms with E-state index in [1.54, 1.807) is 0 Å². The van der Waals surface area contributed by atoms with Crippen LogP contribution in [0.25, 0.3) is 0 Å². The summed E-state index contributed by atoms with van der Waals surface area (Å²) in [5.41, 5.74) is 2.41. The van der Waals surface area contributed by atoms with Crippen molar-refractivity contribution in [3.63, 3.8) is 0 Å². The molecule has 0 radical (unpaired) electrons. The van der Waals surface area contributed by atoms with Gasteiger partial charge in [-0.2, -0.15) is 0 Å². The SMILES string of the molecule is CCN1CCC[C@H]1c1ccc(Nc2ccccc2)nc1. The molecule has 2 aromatic rings. The normalized spacial score (nSPS) is 19.1. The third-order valence-electron chi connectivity index (χ3n) is 3.99. The van der Waals surface area contributed by atoms with Gasteiger partial charge in [0.25, 0.3) is 0 Å². The lowest BCUT2D eigenvalue weighted by Crippen LogP contribution is -2.22. The summed E-state index contributed by atoms with van der Waals surface area (Å²) in [5, 5.41) is 3.32. The Morgan fingerprint density at radius 3 is 2.75 bits per heavy atom. The van der Waals surface area contributed by atoms with Crippen molar-refractivity contribution in [1.82, 2.24) is 9.88 Å². The van der Waals surface area contributed by atoms with Gasteiger partial charge in [-0.3, -0.25) is 4.90 Å². The van der Waals surface area contributed by atoms with E-state index in [1.807, 2.05) is 36.5 Å². The average Bonchev–Trinajstić information content (AvgIpc) is 2.98. The highest BCUT2D eigenvalue weighted by molar-refractivity contribution is 5.55. The molecule has 1 aliphatic heterocycles. The van der Waals surface area contributed by atoms with Crippen LogP contribution in [0.1, 0.15) is 31.4 Å². The predicted octanol–water partition coefficient (Wildman–Crippen LogP) is 3.98. The smallest absolute Gasteiger partial charge is 0.130 e. The molecule has 0 aliphatic carbocycles. The van der Waals surface area contributed by atoms with Crippen molar-refractivity contribution >= 4 is 11.5 Å². The fourth-order valence-electron chi connectivity index (χ4n) is 2.93. The van der Waals surface area contributed by atoms with E-state index in [9.17, 15) is 0 Å². The van der Waals surface area contributed by atoms with Gasteiger partial charge in [-0.1, -0.05) is 31.2 Å². The molecule has 1 aromatic heterocycles. The number of benzene rings is 1. The third kappa shape index (κ3) is 2.83. The van der Waals surface area contributed by atoms with E-state index in [2.05, 4.69) is 34.3 Å². The second-order valence-corrected chi connectivity index (χ2v) is 5.25. The maximum atomic E-state index is 4.55. The maximum absolute atomic E-state index is 4.55. The number of likely N-dealkylation sites (tertiary alicyclic amines) is 1. The average molecular weight is 267 g/mol. The van der Waals surface area contributed by atoms with Gasteiger partial charge in [0.1, 0.15) is 5.82 Å². The summed E-state index contributed by atoms with van der Waals surface area (Å²) in [4.78, 5) is 7.08. The van der Waals surface area contributed by atoms with Crippen LogP contribution in [-0.4, -0.2) is 23.0 Å². The molecule has 1 atom stereocenters. The summed E-state index contributed by atoms with van der Waals surface area (Å²) in [6.45, 7) is 4.57. The number of aromatic nitrogens is 1. The summed E-state index contributed by atoms with van der Waals surface area (Å²) in [6.07, 6.45) is 4.56. The van der Waals surface area contributed by atoms with Crippen molar-refractivity contribution in [3.8, 4) is 0 Å². The van der Waals surface area contributed by atoms with Crippen LogP contribution in [0.2, 0.25) is 0 Å². The second kappa shape index (κ2) is 6.06. The minimum absolute atomic E-state index is 0.554. The Hall–Kier alpha value is -1.87. The zero-order chi connectivity index (χ0) is 13.8. The number of hydrogen-bond acceptors (Lipinski definition) is 3. The molecule has 0 spiro atoms. The first kappa shape index (κ1) is 13.1. The van der Waals surface area contributed by atoms with Gasteiger partial charge in [-0.25, -0.2) is 4.98 Å². The molecule has 3 rings (SSSR count). The van der Waals surface area contributed by atoms with Crippen molar-refractivity contribution in [2.75, 3.05) is 18.4 Å². The van der Waals surface area contributed by atoms with Gasteiger partial charge in [0.05, 0.1) is 0 Å². The molecule has 1 saturated heterocycles. The van der Waals surface area contributed by atoms with Crippen molar-refractivity contribution in [2.24, 2.45) is 0 Å². The quantitative estimate of drug-likeness (QED) is 0.908. The van der Waals surface area contributed by atoms with E-state index in [1.165, 1.54) is 24.9 Å². The zero-order valence-electron chi connectivity index (χ0n) is 11.9. The van der Waals surface area contributed by atoms with Crippen LogP contribution in [0.5, 0.6) is 0 Å². The summed E-state index contributed by atoms with van der Waals surface area (Å²) >= 11 is 0. The lowest BCUT2D eigenvalue weighted by atomic mass is 10.1. The molecule has 0 bridgehead atoms. The van der Waals surface area contributed by atoms with Crippen molar-refractivity contribution in [1.29, 1.82) is 0 Å². The Kier molecular flexibility index (Phi) is 3.97. The van der Waals surface area contributed by atoms with Crippen molar-refractivity contribution < 1.29 is 0 Å². The molecule has 3 heteroatoms. The highest BCUT2D eigenvalue weighted by Gasteiger charge is 2.24. The highest BCUT2D eigenvalue weighted by Crippen LogP contribution is 2.31. The van der Waals surface area contributed by atoms with Gasteiger partial charge in [0, 0.05) is 17.9 Å². The summed E-state index contributed by atoms with van der Waals surface area (Å²) in [5.74, 6) is 0.904. The molecule has 104 valence electrons. The second-order valence-electron chi connectivity index (χ2n) is 5.25. The van der Waals surface area contributed by atoms with Gasteiger partial charge in [0.2, 0.25) is 0 Å². The maximum Gasteiger partial charge on any atom is 0.130 e. The van der Waals surface area contributed by atoms with Gasteiger partial charge in [-0.05, 0) is 49.7 Å². The van der Waals surface area contributed by atoms with E-state index >= 15 is 0 Å². The molecule has 1 aromatic carbocycles. The Morgan fingerprint density at radius 1 is 1.20 bits per heavy atom. The minimum Gasteiger partial charge on any atom is -0.340 e. The molecular formula is C17H21N3. The molecule has 0 unspecified atom stereocenters. The van der Waals surface area contributed by atoms with Crippen LogP contribution in [0.4, 0.5) is 11.5 Å². The third-order valence-corrected chi connectivity index (χ3v) is 3.99. The van der Waals surface area contributed by atoms with Crippen LogP contribution in [-0.2, 0) is 0 Å². The Balaban J connectivity index is 1.71. The number of para-hydroxylation sites is 1. The van der Waals surface area contributed by atoms with Crippen LogP contribution in [0, 0.1) is 0 Å². The molecule has 1 aliphatic rings. The van der Waals surface area contributed by atoms with Crippen LogP contribution >= 0.6 is 0 Å². The van der Waals surface area contributed by atoms with Crippen molar-refractivity contribution in [3.05, 3.63) is 54.2 Å². The molecule has 1 fully saturated rings. The molecule has 0 amide bonds. The number of anilines is 2. The zero-order valence-corrected chi connectivity index (χ0v) is 11.9. The van der Waals surface area contributed by atoms with Gasteiger partial charge < -0.3 is 5.32 Å². The van der Waals surface area contributed by atoms with Gasteiger partial charge in [-0.15, -0.1) is 0 Å². The first-order valence-electron chi connectivity index (χ1n) is 7.39. The van der Waals surface area contributed by atoms with E-state index in [4.69, 9.17) is 0 Å². The van der Waals surface area contributed by atoms with E-state index < -0.39 is 0 Å². The largest absolute Gasteiger partial charge is 0.340 e. The van der Waals surface area contributed by atoms with Crippen LogP contribution in [0.15, 0.2) is 48.7 Å². The topological polar surface area (TPSA) is 28.2 Å². The molecule has 2 heterocycles. The van der Waals surface area contributed by atoms with E-state index in [0.29, 0.717) is 6.04 Å². The van der Waals surface area contributed by atoms with Crippen LogP contribution in [0.3, 0.4) is 0 Å². The predicted molar refractivity (Wildman–Crippen MR) is 83.2 cm³/mol.